The Kier molecular flexibility index (Phi) is 6.34. The molecule has 0 saturated heterocycles. The second kappa shape index (κ2) is 8.94. The van der Waals surface area contributed by atoms with Gasteiger partial charge in [-0.1, -0.05) is 6.07 Å². The number of hydrogen-bond acceptors (Lipinski definition) is 4. The molecule has 0 atom stereocenters. The molecular weight excluding hydrogens is 389 g/mol. The summed E-state index contributed by atoms with van der Waals surface area (Å²) in [5.41, 5.74) is 5.81. The molecule has 1 aliphatic carbocycles. The molecule has 7 nitrogen and oxygen atoms in total. The predicted molar refractivity (Wildman–Crippen MR) is 109 cm³/mol. The van der Waals surface area contributed by atoms with Crippen molar-refractivity contribution in [3.8, 4) is 11.5 Å². The van der Waals surface area contributed by atoms with E-state index in [9.17, 15) is 18.8 Å². The molecule has 8 heteroatoms. The van der Waals surface area contributed by atoms with Crippen molar-refractivity contribution in [3.05, 3.63) is 58.9 Å². The third-order valence-corrected chi connectivity index (χ3v) is 4.88. The fraction of sp³-hybridized carbons (Fsp3) is 0.318. The third-order valence-electron chi connectivity index (χ3n) is 4.88. The highest BCUT2D eigenvalue weighted by molar-refractivity contribution is 5.95. The SMILES string of the molecule is CCN(Cc1ccc(C(N)=O)c(F)c1Oc1ccc(C(=O)NC2CC2)cc1)C(C)=O. The van der Waals surface area contributed by atoms with Gasteiger partial charge >= 0.3 is 0 Å². The van der Waals surface area contributed by atoms with Crippen LogP contribution in [0, 0.1) is 5.82 Å². The Morgan fingerprint density at radius 2 is 1.83 bits per heavy atom. The van der Waals surface area contributed by atoms with Crippen molar-refractivity contribution < 1.29 is 23.5 Å². The largest absolute Gasteiger partial charge is 0.454 e. The molecule has 0 aliphatic heterocycles. The summed E-state index contributed by atoms with van der Waals surface area (Å²) in [7, 11) is 0. The molecule has 3 amide bonds. The van der Waals surface area contributed by atoms with Crippen molar-refractivity contribution in [2.45, 2.75) is 39.3 Å². The molecule has 0 radical (unpaired) electrons. The van der Waals surface area contributed by atoms with Gasteiger partial charge in [0.1, 0.15) is 5.75 Å². The number of nitrogens with two attached hydrogens (primary N) is 1. The summed E-state index contributed by atoms with van der Waals surface area (Å²) in [5, 5.41) is 2.89. The molecule has 0 spiro atoms. The van der Waals surface area contributed by atoms with Crippen molar-refractivity contribution in [3.63, 3.8) is 0 Å². The van der Waals surface area contributed by atoms with Crippen LogP contribution < -0.4 is 15.8 Å². The number of halogens is 1. The average molecular weight is 413 g/mol. The van der Waals surface area contributed by atoms with Gasteiger partial charge in [-0.3, -0.25) is 14.4 Å². The zero-order valence-electron chi connectivity index (χ0n) is 16.9. The topological polar surface area (TPSA) is 102 Å². The quantitative estimate of drug-likeness (QED) is 0.695. The monoisotopic (exact) mass is 413 g/mol. The Hall–Kier alpha value is -3.42. The lowest BCUT2D eigenvalue weighted by molar-refractivity contribution is -0.129. The van der Waals surface area contributed by atoms with E-state index in [2.05, 4.69) is 5.32 Å². The molecule has 158 valence electrons. The predicted octanol–water partition coefficient (Wildman–Crippen LogP) is 2.98. The van der Waals surface area contributed by atoms with Crippen molar-refractivity contribution in [1.29, 1.82) is 0 Å². The number of benzene rings is 2. The second-order valence-electron chi connectivity index (χ2n) is 7.19. The van der Waals surface area contributed by atoms with E-state index in [1.165, 1.54) is 24.0 Å². The maximum absolute atomic E-state index is 15.0. The summed E-state index contributed by atoms with van der Waals surface area (Å²) in [6.07, 6.45) is 1.97. The van der Waals surface area contributed by atoms with Crippen LogP contribution >= 0.6 is 0 Å². The summed E-state index contributed by atoms with van der Waals surface area (Å²) in [6, 6.07) is 9.28. The van der Waals surface area contributed by atoms with Gasteiger partial charge in [-0.15, -0.1) is 0 Å². The van der Waals surface area contributed by atoms with Gasteiger partial charge in [0.2, 0.25) is 5.91 Å². The molecule has 1 aliphatic rings. The minimum Gasteiger partial charge on any atom is -0.454 e. The Balaban J connectivity index is 1.88. The van der Waals surface area contributed by atoms with Crippen molar-refractivity contribution in [2.75, 3.05) is 6.54 Å². The highest BCUT2D eigenvalue weighted by Gasteiger charge is 2.24. The average Bonchev–Trinajstić information content (AvgIpc) is 3.52. The van der Waals surface area contributed by atoms with Crippen LogP contribution in [-0.4, -0.2) is 35.2 Å². The van der Waals surface area contributed by atoms with Crippen LogP contribution in [0.5, 0.6) is 11.5 Å². The van der Waals surface area contributed by atoms with Crippen LogP contribution in [0.25, 0.3) is 0 Å². The van der Waals surface area contributed by atoms with Crippen LogP contribution in [0.4, 0.5) is 4.39 Å². The van der Waals surface area contributed by atoms with Gasteiger partial charge in [0, 0.05) is 37.2 Å². The lowest BCUT2D eigenvalue weighted by Crippen LogP contribution is -2.28. The second-order valence-corrected chi connectivity index (χ2v) is 7.19. The van der Waals surface area contributed by atoms with E-state index in [1.54, 1.807) is 24.3 Å². The molecule has 30 heavy (non-hydrogen) atoms. The third kappa shape index (κ3) is 4.94. The van der Waals surface area contributed by atoms with E-state index < -0.39 is 11.7 Å². The summed E-state index contributed by atoms with van der Waals surface area (Å²) in [5.74, 6) is -2.06. The number of amides is 3. The van der Waals surface area contributed by atoms with Crippen LogP contribution in [0.1, 0.15) is 53.0 Å². The molecule has 3 rings (SSSR count). The summed E-state index contributed by atoms with van der Waals surface area (Å²) >= 11 is 0. The number of carbonyl (C=O) groups excluding carboxylic acids is 3. The smallest absolute Gasteiger partial charge is 0.251 e. The summed E-state index contributed by atoms with van der Waals surface area (Å²) in [4.78, 5) is 36.9. The van der Waals surface area contributed by atoms with Gasteiger partial charge in [0.05, 0.1) is 5.56 Å². The molecule has 2 aromatic rings. The number of rotatable bonds is 8. The van der Waals surface area contributed by atoms with Gasteiger partial charge in [0.25, 0.3) is 11.8 Å². The van der Waals surface area contributed by atoms with E-state index in [0.717, 1.165) is 12.8 Å². The minimum atomic E-state index is -0.921. The van der Waals surface area contributed by atoms with Crippen molar-refractivity contribution in [2.24, 2.45) is 5.73 Å². The zero-order valence-corrected chi connectivity index (χ0v) is 16.9. The van der Waals surface area contributed by atoms with E-state index in [1.807, 2.05) is 6.92 Å². The Morgan fingerprint density at radius 3 is 2.37 bits per heavy atom. The molecule has 1 saturated carbocycles. The van der Waals surface area contributed by atoms with Gasteiger partial charge in [0.15, 0.2) is 11.6 Å². The number of nitrogens with zero attached hydrogens (tertiary/aromatic N) is 1. The lowest BCUT2D eigenvalue weighted by Gasteiger charge is -2.21. The standard InChI is InChI=1S/C22H24FN3O4/c1-3-26(13(2)27)12-15-6-11-18(21(24)28)19(23)20(15)30-17-9-4-14(5-10-17)22(29)25-16-7-8-16/h4-6,9-11,16H,3,7-8,12H2,1-2H3,(H2,24,28)(H,25,29). The maximum Gasteiger partial charge on any atom is 0.251 e. The number of hydrogen-bond donors (Lipinski definition) is 2. The first kappa shape index (κ1) is 21.3. The van der Waals surface area contributed by atoms with E-state index >= 15 is 0 Å². The number of ether oxygens (including phenoxy) is 1. The number of nitrogens with one attached hydrogen (secondary N) is 1. The zero-order chi connectivity index (χ0) is 21.8. The first-order valence-electron chi connectivity index (χ1n) is 9.75. The molecule has 0 aromatic heterocycles. The van der Waals surface area contributed by atoms with Crippen molar-refractivity contribution >= 4 is 17.7 Å². The summed E-state index contributed by atoms with van der Waals surface area (Å²) < 4.78 is 20.7. The maximum atomic E-state index is 15.0. The number of carbonyl (C=O) groups is 3. The highest BCUT2D eigenvalue weighted by Crippen LogP contribution is 2.32. The molecule has 2 aromatic carbocycles. The van der Waals surface area contributed by atoms with Crippen LogP contribution in [0.2, 0.25) is 0 Å². The first-order chi connectivity index (χ1) is 14.3. The minimum absolute atomic E-state index is 0.110. The fourth-order valence-corrected chi connectivity index (χ4v) is 2.96. The molecule has 0 bridgehead atoms. The molecule has 1 fully saturated rings. The fourth-order valence-electron chi connectivity index (χ4n) is 2.96. The molecular formula is C22H24FN3O4. The van der Waals surface area contributed by atoms with Gasteiger partial charge in [-0.25, -0.2) is 4.39 Å². The number of primary amides is 1. The molecule has 3 N–H and O–H groups in total. The van der Waals surface area contributed by atoms with Gasteiger partial charge < -0.3 is 20.7 Å². The Labute approximate surface area is 174 Å². The Morgan fingerprint density at radius 1 is 1.17 bits per heavy atom. The van der Waals surface area contributed by atoms with Gasteiger partial charge in [-0.2, -0.15) is 0 Å². The normalized spacial score (nSPS) is 12.9. The highest BCUT2D eigenvalue weighted by atomic mass is 19.1. The van der Waals surface area contributed by atoms with Crippen LogP contribution in [0.15, 0.2) is 36.4 Å². The van der Waals surface area contributed by atoms with E-state index in [0.29, 0.717) is 17.7 Å². The van der Waals surface area contributed by atoms with E-state index in [4.69, 9.17) is 10.5 Å². The first-order valence-corrected chi connectivity index (χ1v) is 9.75. The molecule has 0 heterocycles. The van der Waals surface area contributed by atoms with Crippen LogP contribution in [-0.2, 0) is 11.3 Å². The van der Waals surface area contributed by atoms with Crippen molar-refractivity contribution in [1.82, 2.24) is 10.2 Å². The summed E-state index contributed by atoms with van der Waals surface area (Å²) in [6.45, 7) is 3.77. The Bertz CT molecular complexity index is 971. The van der Waals surface area contributed by atoms with E-state index in [-0.39, 0.29) is 41.5 Å². The molecule has 0 unspecified atom stereocenters. The van der Waals surface area contributed by atoms with Crippen LogP contribution in [0.3, 0.4) is 0 Å². The van der Waals surface area contributed by atoms with Gasteiger partial charge in [-0.05, 0) is 50.1 Å². The lowest BCUT2D eigenvalue weighted by atomic mass is 10.1.